The largest absolute Gasteiger partial charge is 0.339 e. The average molecular weight is 282 g/mol. The first kappa shape index (κ1) is 15.1. The fourth-order valence-electron chi connectivity index (χ4n) is 3.02. The van der Waals surface area contributed by atoms with Gasteiger partial charge in [0.1, 0.15) is 0 Å². The van der Waals surface area contributed by atoms with Gasteiger partial charge in [-0.15, -0.1) is 0 Å². The van der Waals surface area contributed by atoms with Gasteiger partial charge in [-0.05, 0) is 32.6 Å². The lowest BCUT2D eigenvalue weighted by molar-refractivity contribution is -0.138. The molecule has 1 aliphatic heterocycles. The van der Waals surface area contributed by atoms with Crippen LogP contribution in [0.3, 0.4) is 0 Å². The van der Waals surface area contributed by atoms with Crippen LogP contribution in [0.25, 0.3) is 0 Å². The molecule has 6 heteroatoms. The Kier molecular flexibility index (Phi) is 5.23. The molecule has 3 amide bonds. The second-order valence-corrected chi connectivity index (χ2v) is 5.76. The molecule has 0 aromatic carbocycles. The lowest BCUT2D eigenvalue weighted by Gasteiger charge is -2.37. The van der Waals surface area contributed by atoms with Crippen LogP contribution >= 0.6 is 0 Å². The van der Waals surface area contributed by atoms with Gasteiger partial charge in [0.15, 0.2) is 0 Å². The lowest BCUT2D eigenvalue weighted by Crippen LogP contribution is -2.54. The van der Waals surface area contributed by atoms with Crippen LogP contribution in [0.5, 0.6) is 0 Å². The maximum Gasteiger partial charge on any atom is 0.317 e. The highest BCUT2D eigenvalue weighted by molar-refractivity contribution is 5.79. The van der Waals surface area contributed by atoms with Crippen LogP contribution < -0.4 is 11.1 Å². The van der Waals surface area contributed by atoms with Crippen LogP contribution in [0.2, 0.25) is 0 Å². The average Bonchev–Trinajstić information content (AvgIpc) is 2.48. The number of urea groups is 1. The van der Waals surface area contributed by atoms with Crippen molar-refractivity contribution in [1.82, 2.24) is 15.1 Å². The molecule has 2 rings (SSSR count). The van der Waals surface area contributed by atoms with Gasteiger partial charge in [0.25, 0.3) is 0 Å². The highest BCUT2D eigenvalue weighted by atomic mass is 16.2. The number of nitrogens with two attached hydrogens (primary N) is 1. The number of hydrogen-bond acceptors (Lipinski definition) is 3. The number of nitrogens with one attached hydrogen (secondary N) is 1. The minimum atomic E-state index is -0.0248. The van der Waals surface area contributed by atoms with Crippen LogP contribution in [0, 0.1) is 5.92 Å². The van der Waals surface area contributed by atoms with Crippen molar-refractivity contribution >= 4 is 11.9 Å². The summed E-state index contributed by atoms with van der Waals surface area (Å²) in [5.74, 6) is 0.401. The second kappa shape index (κ2) is 6.92. The van der Waals surface area contributed by atoms with E-state index < -0.39 is 0 Å². The number of hydrogen-bond donors (Lipinski definition) is 2. The molecule has 3 N–H and O–H groups in total. The van der Waals surface area contributed by atoms with Gasteiger partial charge < -0.3 is 20.9 Å². The monoisotopic (exact) mass is 282 g/mol. The first-order chi connectivity index (χ1) is 9.61. The van der Waals surface area contributed by atoms with E-state index in [-0.39, 0.29) is 23.9 Å². The molecule has 0 radical (unpaired) electrons. The zero-order valence-electron chi connectivity index (χ0n) is 12.3. The van der Waals surface area contributed by atoms with E-state index in [9.17, 15) is 9.59 Å². The molecule has 0 unspecified atom stereocenters. The van der Waals surface area contributed by atoms with E-state index in [0.717, 1.165) is 25.7 Å². The molecule has 1 saturated heterocycles. The Morgan fingerprint density at radius 2 is 1.60 bits per heavy atom. The third kappa shape index (κ3) is 3.62. The minimum Gasteiger partial charge on any atom is -0.339 e. The third-order valence-corrected chi connectivity index (χ3v) is 4.33. The molecule has 2 fully saturated rings. The van der Waals surface area contributed by atoms with E-state index in [1.54, 1.807) is 4.90 Å². The number of rotatable bonds is 2. The van der Waals surface area contributed by atoms with Gasteiger partial charge in [-0.2, -0.15) is 0 Å². The van der Waals surface area contributed by atoms with Gasteiger partial charge in [-0.3, -0.25) is 4.79 Å². The molecule has 0 bridgehead atoms. The maximum absolute atomic E-state index is 12.4. The van der Waals surface area contributed by atoms with Crippen molar-refractivity contribution in [2.24, 2.45) is 11.7 Å². The topological polar surface area (TPSA) is 78.7 Å². The molecule has 1 aliphatic carbocycles. The first-order valence-electron chi connectivity index (χ1n) is 7.69. The molecular weight excluding hydrogens is 256 g/mol. The molecular formula is C14H26N4O2. The maximum atomic E-state index is 12.4. The normalized spacial score (nSPS) is 27.3. The molecule has 0 spiro atoms. The summed E-state index contributed by atoms with van der Waals surface area (Å²) in [4.78, 5) is 27.8. The highest BCUT2D eigenvalue weighted by Crippen LogP contribution is 2.25. The van der Waals surface area contributed by atoms with Crippen LogP contribution in [0.15, 0.2) is 0 Å². The van der Waals surface area contributed by atoms with Crippen molar-refractivity contribution in [3.63, 3.8) is 0 Å². The number of nitrogens with zero attached hydrogens (tertiary/aromatic N) is 2. The van der Waals surface area contributed by atoms with Crippen molar-refractivity contribution in [3.05, 3.63) is 0 Å². The summed E-state index contributed by atoms with van der Waals surface area (Å²) in [5, 5.41) is 2.80. The Bertz CT molecular complexity index is 345. The molecule has 1 saturated carbocycles. The fourth-order valence-corrected chi connectivity index (χ4v) is 3.02. The predicted molar refractivity (Wildman–Crippen MR) is 77.2 cm³/mol. The molecule has 0 atom stereocenters. The molecule has 20 heavy (non-hydrogen) atoms. The zero-order valence-corrected chi connectivity index (χ0v) is 12.3. The molecule has 114 valence electrons. The van der Waals surface area contributed by atoms with Crippen LogP contribution in [-0.2, 0) is 4.79 Å². The fraction of sp³-hybridized carbons (Fsp3) is 0.857. The number of carbonyl (C=O) groups is 2. The van der Waals surface area contributed by atoms with Gasteiger partial charge in [0.2, 0.25) is 5.91 Å². The number of amides is 3. The SMILES string of the molecule is CCNC(=O)N1CCN(C(=O)C2CCC(N)CC2)CC1. The summed E-state index contributed by atoms with van der Waals surface area (Å²) < 4.78 is 0. The lowest BCUT2D eigenvalue weighted by atomic mass is 9.85. The minimum absolute atomic E-state index is 0.0248. The Morgan fingerprint density at radius 3 is 2.15 bits per heavy atom. The predicted octanol–water partition coefficient (Wildman–Crippen LogP) is 0.378. The number of piperazine rings is 1. The van der Waals surface area contributed by atoms with Crippen LogP contribution in [-0.4, -0.2) is 60.5 Å². The zero-order chi connectivity index (χ0) is 14.5. The molecule has 6 nitrogen and oxygen atoms in total. The van der Waals surface area contributed by atoms with E-state index in [1.807, 2.05) is 11.8 Å². The van der Waals surface area contributed by atoms with E-state index in [4.69, 9.17) is 5.73 Å². The third-order valence-electron chi connectivity index (χ3n) is 4.33. The van der Waals surface area contributed by atoms with Gasteiger partial charge in [0, 0.05) is 44.7 Å². The summed E-state index contributed by atoms with van der Waals surface area (Å²) in [7, 11) is 0. The van der Waals surface area contributed by atoms with Crippen molar-refractivity contribution < 1.29 is 9.59 Å². The molecule has 1 heterocycles. The van der Waals surface area contributed by atoms with Crippen molar-refractivity contribution in [2.75, 3.05) is 32.7 Å². The van der Waals surface area contributed by atoms with Crippen molar-refractivity contribution in [2.45, 2.75) is 38.6 Å². The Morgan fingerprint density at radius 1 is 1.05 bits per heavy atom. The van der Waals surface area contributed by atoms with Gasteiger partial charge >= 0.3 is 6.03 Å². The smallest absolute Gasteiger partial charge is 0.317 e. The van der Waals surface area contributed by atoms with Crippen LogP contribution in [0.4, 0.5) is 4.79 Å². The van der Waals surface area contributed by atoms with E-state index >= 15 is 0 Å². The number of carbonyl (C=O) groups excluding carboxylic acids is 2. The second-order valence-electron chi connectivity index (χ2n) is 5.76. The quantitative estimate of drug-likeness (QED) is 0.768. The first-order valence-corrected chi connectivity index (χ1v) is 7.69. The molecule has 0 aromatic heterocycles. The van der Waals surface area contributed by atoms with E-state index in [0.29, 0.717) is 32.7 Å². The van der Waals surface area contributed by atoms with Crippen molar-refractivity contribution in [3.8, 4) is 0 Å². The molecule has 2 aliphatic rings. The summed E-state index contributed by atoms with van der Waals surface area (Å²) in [5.41, 5.74) is 5.88. The van der Waals surface area contributed by atoms with Gasteiger partial charge in [-0.1, -0.05) is 0 Å². The standard InChI is InChI=1S/C14H26N4O2/c1-2-16-14(20)18-9-7-17(8-10-18)13(19)11-3-5-12(15)6-4-11/h11-12H,2-10,15H2,1H3,(H,16,20). The highest BCUT2D eigenvalue weighted by Gasteiger charge is 2.30. The Hall–Kier alpha value is -1.30. The summed E-state index contributed by atoms with van der Waals surface area (Å²) in [6.07, 6.45) is 3.73. The Balaban J connectivity index is 1.78. The van der Waals surface area contributed by atoms with Gasteiger partial charge in [-0.25, -0.2) is 4.79 Å². The van der Waals surface area contributed by atoms with Crippen LogP contribution in [0.1, 0.15) is 32.6 Å². The van der Waals surface area contributed by atoms with E-state index in [1.165, 1.54) is 0 Å². The molecule has 0 aromatic rings. The summed E-state index contributed by atoms with van der Waals surface area (Å²) >= 11 is 0. The van der Waals surface area contributed by atoms with Crippen molar-refractivity contribution in [1.29, 1.82) is 0 Å². The van der Waals surface area contributed by atoms with E-state index in [2.05, 4.69) is 5.32 Å². The summed E-state index contributed by atoms with van der Waals surface area (Å²) in [6.45, 7) is 5.11. The van der Waals surface area contributed by atoms with Gasteiger partial charge in [0.05, 0.1) is 0 Å². The summed E-state index contributed by atoms with van der Waals surface area (Å²) in [6, 6.07) is 0.247. The Labute approximate surface area is 120 Å².